The van der Waals surface area contributed by atoms with Crippen LogP contribution in [-0.4, -0.2) is 90.5 Å². The number of aromatic nitrogens is 5. The van der Waals surface area contributed by atoms with Crippen molar-refractivity contribution in [2.75, 3.05) is 29.9 Å². The van der Waals surface area contributed by atoms with Crippen molar-refractivity contribution in [3.05, 3.63) is 159 Å². The van der Waals surface area contributed by atoms with Gasteiger partial charge in [0.15, 0.2) is 5.13 Å². The summed E-state index contributed by atoms with van der Waals surface area (Å²) >= 11 is 4.09. The number of nitrogens with one attached hydrogen (secondary N) is 3. The largest absolute Gasteiger partial charge is 0.391 e. The smallest absolute Gasteiger partial charge is 0.280 e. The van der Waals surface area contributed by atoms with E-state index in [4.69, 9.17) is 15.8 Å². The van der Waals surface area contributed by atoms with Gasteiger partial charge in [-0.25, -0.2) is 19.3 Å². The van der Waals surface area contributed by atoms with Crippen LogP contribution in [0.25, 0.3) is 31.8 Å². The van der Waals surface area contributed by atoms with Crippen LogP contribution in [-0.2, 0) is 46.9 Å². The summed E-state index contributed by atoms with van der Waals surface area (Å²) in [6.07, 6.45) is 11.5. The van der Waals surface area contributed by atoms with Gasteiger partial charge in [0.1, 0.15) is 17.3 Å². The minimum absolute atomic E-state index is 0.0463. The van der Waals surface area contributed by atoms with Crippen LogP contribution in [0.15, 0.2) is 114 Å². The van der Waals surface area contributed by atoms with Gasteiger partial charge in [0, 0.05) is 79.4 Å². The van der Waals surface area contributed by atoms with E-state index in [0.717, 1.165) is 75.3 Å². The second-order valence-electron chi connectivity index (χ2n) is 23.6. The van der Waals surface area contributed by atoms with Crippen LogP contribution < -0.4 is 26.0 Å². The summed E-state index contributed by atoms with van der Waals surface area (Å²) in [4.78, 5) is 80.4. The van der Waals surface area contributed by atoms with Crippen molar-refractivity contribution in [3.63, 3.8) is 0 Å². The van der Waals surface area contributed by atoms with Crippen molar-refractivity contribution in [2.45, 2.75) is 136 Å². The minimum atomic E-state index is -0.436. The van der Waals surface area contributed by atoms with Crippen molar-refractivity contribution < 1.29 is 33.5 Å². The summed E-state index contributed by atoms with van der Waals surface area (Å²) < 4.78 is 20.6. The van der Waals surface area contributed by atoms with Gasteiger partial charge in [-0.3, -0.25) is 38.7 Å². The van der Waals surface area contributed by atoms with Gasteiger partial charge in [-0.1, -0.05) is 99.9 Å². The number of pyridine rings is 1. The molecule has 0 radical (unpaired) electrons. The standard InChI is InChI=1S/C44H45FN8O3S2.C12H12N2OS.C10H19NO2/c1-27-35(24-47-53(27)25-28-9-3-2-4-10-28)33-17-18-40(49-41(33)43(56)51-58-32-22-29(21-31(45)23-32)11-7-16-39(46)54)52-20-19-30-12-8-13-34(36(30)26-52)42(55)50-44-48-37-14-5-6-15-38(37)57-44;1-9-12(16-8-14-9)11-4-2-10(3-5-11)6-13-7-15;1-10(2,3)6-9(13)11-5-4-8(12)7-11/h5-6,8,12-15,17-18,21-24,28H,2-4,7,9-11,16,19-20,25-26H2,1H3,(H2,46,54)(H,51,56)(H,48,50,55);2-5,7-8H,6H2,1H3,(H,13,15);8,12H,4-7H2,1-3H3. The van der Waals surface area contributed by atoms with Crippen LogP contribution in [0.3, 0.4) is 0 Å². The van der Waals surface area contributed by atoms with Crippen molar-refractivity contribution in [3.8, 4) is 21.6 Å². The molecular weight excluding hydrogens is 1160 g/mol. The number of β-amino-alcohol motifs (C(OH)–C–C–N with tert-alkyl or cyclic N) is 1. The van der Waals surface area contributed by atoms with Crippen LogP contribution in [0.5, 0.6) is 0 Å². The number of primary amides is 1. The van der Waals surface area contributed by atoms with Gasteiger partial charge in [0.2, 0.25) is 18.2 Å². The lowest BCUT2D eigenvalue weighted by atomic mass is 9.89. The number of amides is 5. The van der Waals surface area contributed by atoms with Gasteiger partial charge >= 0.3 is 0 Å². The first kappa shape index (κ1) is 63.6. The molecule has 6 heterocycles. The van der Waals surface area contributed by atoms with Crippen molar-refractivity contribution >= 4 is 85.8 Å². The number of nitrogens with zero attached hydrogens (tertiary/aromatic N) is 7. The Morgan fingerprint density at radius 2 is 1.68 bits per heavy atom. The van der Waals surface area contributed by atoms with Gasteiger partial charge in [-0.15, -0.1) is 11.3 Å². The Kier molecular flexibility index (Phi) is 21.7. The highest BCUT2D eigenvalue weighted by Gasteiger charge is 2.29. The Labute approximate surface area is 519 Å². The third-order valence-electron chi connectivity index (χ3n) is 15.6. The number of anilines is 2. The number of aryl methyl sites for hydroxylation is 2. The highest BCUT2D eigenvalue weighted by atomic mass is 32.2. The van der Waals surface area contributed by atoms with Crippen LogP contribution in [0.1, 0.15) is 133 Å². The van der Waals surface area contributed by atoms with E-state index in [2.05, 4.69) is 69.2 Å². The second kappa shape index (κ2) is 29.7. The van der Waals surface area contributed by atoms with Gasteiger partial charge < -0.3 is 26.0 Å². The average Bonchev–Trinajstić information content (AvgIpc) is 2.48. The number of carbonyl (C=O) groups excluding carboxylic acids is 5. The molecule has 1 aliphatic carbocycles. The quantitative estimate of drug-likeness (QED) is 0.0399. The minimum Gasteiger partial charge on any atom is -0.391 e. The maximum absolute atomic E-state index is 14.7. The number of para-hydroxylation sites is 1. The zero-order valence-corrected chi connectivity index (χ0v) is 52.4. The Morgan fingerprint density at radius 1 is 0.885 bits per heavy atom. The van der Waals surface area contributed by atoms with E-state index in [1.807, 2.05) is 90.9 Å². The molecule has 4 aromatic heterocycles. The highest BCUT2D eigenvalue weighted by Crippen LogP contribution is 2.35. The van der Waals surface area contributed by atoms with Crippen LogP contribution >= 0.6 is 34.6 Å². The first-order chi connectivity index (χ1) is 41.9. The Morgan fingerprint density at radius 3 is 2.39 bits per heavy atom. The molecule has 4 aromatic carbocycles. The van der Waals surface area contributed by atoms with E-state index in [1.54, 1.807) is 22.3 Å². The molecule has 21 heteroatoms. The van der Waals surface area contributed by atoms with E-state index in [0.29, 0.717) is 96.7 Å². The van der Waals surface area contributed by atoms with Crippen molar-refractivity contribution in [1.29, 1.82) is 0 Å². The average molecular weight is 1230 g/mol. The van der Waals surface area contributed by atoms with Crippen LogP contribution in [0.4, 0.5) is 15.3 Å². The van der Waals surface area contributed by atoms with Crippen molar-refractivity contribution in [2.24, 2.45) is 17.1 Å². The maximum atomic E-state index is 14.7. The summed E-state index contributed by atoms with van der Waals surface area (Å²) in [5, 5.41) is 20.2. The molecule has 456 valence electrons. The SMILES string of the molecule is CC(C)(C)CC(=O)N1CCC(O)C1.Cc1c(-c2ccc(N3CCc4cccc(C(=O)Nc5nc6ccccc6s5)c4C3)nc2C(=O)NSc2cc(F)cc(CCCC(N)=O)c2)cnn1CC1CCCCC1.Cc1ncsc1-c1ccc(CNC=O)cc1. The molecule has 11 rings (SSSR count). The molecule has 2 aliphatic heterocycles. The summed E-state index contributed by atoms with van der Waals surface area (Å²) in [7, 11) is 0. The van der Waals surface area contributed by atoms with E-state index < -0.39 is 17.6 Å². The summed E-state index contributed by atoms with van der Waals surface area (Å²) in [5.41, 5.74) is 17.3. The molecule has 1 unspecified atom stereocenters. The Bertz CT molecular complexity index is 3670. The summed E-state index contributed by atoms with van der Waals surface area (Å²) in [6.45, 7) is 13.9. The number of carbonyl (C=O) groups is 5. The number of hydrogen-bond acceptors (Lipinski definition) is 14. The number of benzene rings is 4. The Balaban J connectivity index is 0.000000252. The number of aliphatic hydroxyl groups excluding tert-OH is 1. The normalized spacial score (nSPS) is 15.0. The monoisotopic (exact) mass is 1230 g/mol. The molecule has 1 saturated carbocycles. The number of fused-ring (bicyclic) bond motifs is 2. The zero-order valence-electron chi connectivity index (χ0n) is 49.9. The lowest BCUT2D eigenvalue weighted by Crippen LogP contribution is -2.33. The topological polar surface area (TPSA) is 231 Å². The molecule has 1 atom stereocenters. The van der Waals surface area contributed by atoms with Gasteiger partial charge in [0.05, 0.1) is 38.6 Å². The molecule has 6 N–H and O–H groups in total. The lowest BCUT2D eigenvalue weighted by molar-refractivity contribution is -0.132. The number of aliphatic hydroxyl groups is 1. The predicted molar refractivity (Wildman–Crippen MR) is 344 cm³/mol. The molecule has 8 aromatic rings. The molecular formula is C66H76FN11O6S3. The maximum Gasteiger partial charge on any atom is 0.280 e. The fourth-order valence-electron chi connectivity index (χ4n) is 11.1. The molecule has 5 amide bonds. The molecule has 0 bridgehead atoms. The second-order valence-corrected chi connectivity index (χ2v) is 26.3. The third-order valence-corrected chi connectivity index (χ3v) is 18.3. The van der Waals surface area contributed by atoms with E-state index >= 15 is 0 Å². The van der Waals surface area contributed by atoms with Crippen LogP contribution in [0.2, 0.25) is 0 Å². The fraction of sp³-hybridized carbons (Fsp3) is 0.379. The van der Waals surface area contributed by atoms with Gasteiger partial charge in [-0.2, -0.15) is 5.10 Å². The Hall–Kier alpha value is -7.85. The van der Waals surface area contributed by atoms with Crippen LogP contribution in [0, 0.1) is 31.0 Å². The first-order valence-corrected chi connectivity index (χ1v) is 32.1. The number of nitrogens with two attached hydrogens (primary N) is 1. The van der Waals surface area contributed by atoms with Gasteiger partial charge in [-0.05, 0) is 152 Å². The summed E-state index contributed by atoms with van der Waals surface area (Å²) in [5.74, 6) is -0.166. The van der Waals surface area contributed by atoms with E-state index in [9.17, 15) is 33.5 Å². The third kappa shape index (κ3) is 17.5. The molecule has 17 nitrogen and oxygen atoms in total. The fourth-order valence-corrected chi connectivity index (χ4v) is 13.5. The number of thiazole rings is 2. The number of likely N-dealkylation sites (tertiary alicyclic amines) is 1. The summed E-state index contributed by atoms with van der Waals surface area (Å²) in [6, 6.07) is 30.2. The zero-order chi connectivity index (χ0) is 61.6. The van der Waals surface area contributed by atoms with Gasteiger partial charge in [0.25, 0.3) is 11.8 Å². The molecule has 1 saturated heterocycles. The first-order valence-electron chi connectivity index (χ1n) is 29.6. The number of hydrogen-bond donors (Lipinski definition) is 5. The van der Waals surface area contributed by atoms with E-state index in [1.165, 1.54) is 66.0 Å². The number of rotatable bonds is 18. The highest BCUT2D eigenvalue weighted by molar-refractivity contribution is 7.98. The predicted octanol–water partition coefficient (Wildman–Crippen LogP) is 12.0. The van der Waals surface area contributed by atoms with Crippen molar-refractivity contribution in [1.82, 2.24) is 39.7 Å². The lowest BCUT2D eigenvalue weighted by Gasteiger charge is -2.31. The molecule has 87 heavy (non-hydrogen) atoms. The molecule has 2 fully saturated rings. The van der Waals surface area contributed by atoms with E-state index in [-0.39, 0.29) is 35.4 Å². The number of halogens is 1. The molecule has 0 spiro atoms. The molecule has 3 aliphatic rings.